The van der Waals surface area contributed by atoms with Gasteiger partial charge in [-0.1, -0.05) is 0 Å². The summed E-state index contributed by atoms with van der Waals surface area (Å²) in [5.74, 6) is -2.74. The second-order valence-electron chi connectivity index (χ2n) is 6.96. The van der Waals surface area contributed by atoms with Gasteiger partial charge >= 0.3 is 12.1 Å². The van der Waals surface area contributed by atoms with Gasteiger partial charge in [0.2, 0.25) is 0 Å². The van der Waals surface area contributed by atoms with Gasteiger partial charge in [0.25, 0.3) is 5.91 Å². The number of likely N-dealkylation sites (N-methyl/N-ethyl adjacent to an activating group) is 1. The van der Waals surface area contributed by atoms with Gasteiger partial charge in [0.1, 0.15) is 0 Å². The van der Waals surface area contributed by atoms with Crippen LogP contribution in [-0.4, -0.2) is 114 Å². The molecule has 0 bridgehead atoms. The Morgan fingerprint density at radius 1 is 1.31 bits per heavy atom. The molecule has 2 saturated heterocycles. The van der Waals surface area contributed by atoms with Crippen molar-refractivity contribution in [3.8, 4) is 0 Å². The Morgan fingerprint density at radius 3 is 2.55 bits per heavy atom. The molecule has 162 valence electrons. The average molecular weight is 419 g/mol. The number of rotatable bonds is 4. The van der Waals surface area contributed by atoms with Crippen LogP contribution in [0.4, 0.5) is 13.2 Å². The van der Waals surface area contributed by atoms with Gasteiger partial charge in [-0.2, -0.15) is 23.4 Å². The summed E-state index contributed by atoms with van der Waals surface area (Å²) in [5, 5.41) is 14.6. The summed E-state index contributed by atoms with van der Waals surface area (Å²) in [5.41, 5.74) is 0.591. The van der Waals surface area contributed by atoms with Crippen molar-refractivity contribution < 1.29 is 32.6 Å². The maximum atomic E-state index is 12.5. The molecule has 2 aliphatic heterocycles. The molecular weight excluding hydrogens is 395 g/mol. The fraction of sp³-hybridized carbons (Fsp3) is 0.647. The predicted molar refractivity (Wildman–Crippen MR) is 95.3 cm³/mol. The van der Waals surface area contributed by atoms with Gasteiger partial charge in [0, 0.05) is 32.7 Å². The molecular formula is C17H24F3N5O4. The topological polar surface area (TPSA) is 99.1 Å². The molecule has 0 spiro atoms. The largest absolute Gasteiger partial charge is 0.490 e. The molecule has 1 aromatic rings. The van der Waals surface area contributed by atoms with Crippen molar-refractivity contribution in [2.45, 2.75) is 18.3 Å². The highest BCUT2D eigenvalue weighted by Crippen LogP contribution is 2.24. The molecule has 1 amide bonds. The summed E-state index contributed by atoms with van der Waals surface area (Å²) in [4.78, 5) is 27.9. The van der Waals surface area contributed by atoms with Gasteiger partial charge < -0.3 is 19.6 Å². The van der Waals surface area contributed by atoms with E-state index in [2.05, 4.69) is 34.1 Å². The molecule has 1 aromatic heterocycles. The third kappa shape index (κ3) is 6.61. The summed E-state index contributed by atoms with van der Waals surface area (Å²) in [6, 6.07) is 2.01. The number of nitrogens with zero attached hydrogens (tertiary/aromatic N) is 5. The lowest BCUT2D eigenvalue weighted by molar-refractivity contribution is -0.192. The maximum absolute atomic E-state index is 12.5. The zero-order valence-corrected chi connectivity index (χ0v) is 16.2. The Bertz CT molecular complexity index is 689. The fourth-order valence-corrected chi connectivity index (χ4v) is 3.13. The van der Waals surface area contributed by atoms with Crippen molar-refractivity contribution in [2.75, 3.05) is 53.4 Å². The van der Waals surface area contributed by atoms with Crippen LogP contribution in [0, 0.1) is 0 Å². The van der Waals surface area contributed by atoms with Crippen molar-refractivity contribution in [2.24, 2.45) is 0 Å². The Balaban J connectivity index is 0.000000370. The lowest BCUT2D eigenvalue weighted by Crippen LogP contribution is -2.52. The lowest BCUT2D eigenvalue weighted by Gasteiger charge is -2.37. The van der Waals surface area contributed by atoms with Crippen molar-refractivity contribution >= 4 is 11.9 Å². The number of aromatic nitrogens is 2. The number of alkyl halides is 3. The number of hydrogen-bond donors (Lipinski definition) is 1. The Hall–Kier alpha value is -2.31. The van der Waals surface area contributed by atoms with Crippen LogP contribution >= 0.6 is 0 Å². The maximum Gasteiger partial charge on any atom is 0.490 e. The average Bonchev–Trinajstić information content (AvgIpc) is 3.11. The first kappa shape index (κ1) is 23.0. The summed E-state index contributed by atoms with van der Waals surface area (Å²) in [7, 11) is 4.16. The van der Waals surface area contributed by atoms with Crippen LogP contribution in [0.25, 0.3) is 0 Å². The molecule has 0 aromatic carbocycles. The monoisotopic (exact) mass is 419 g/mol. The van der Waals surface area contributed by atoms with Crippen molar-refractivity contribution in [1.29, 1.82) is 0 Å². The summed E-state index contributed by atoms with van der Waals surface area (Å²) in [6.45, 7) is 5.09. The highest BCUT2D eigenvalue weighted by atomic mass is 19.4. The van der Waals surface area contributed by atoms with E-state index < -0.39 is 12.1 Å². The van der Waals surface area contributed by atoms with Crippen molar-refractivity contribution in [1.82, 2.24) is 24.9 Å². The number of morpholine rings is 1. The number of carboxylic acids is 1. The minimum absolute atomic E-state index is 0.0143. The number of carboxylic acid groups (broad SMARTS) is 1. The number of fused-ring (bicyclic) bond motifs is 1. The van der Waals surface area contributed by atoms with Gasteiger partial charge in [-0.15, -0.1) is 0 Å². The Kier molecular flexibility index (Phi) is 7.88. The molecule has 2 atom stereocenters. The molecule has 0 unspecified atom stereocenters. The molecule has 3 rings (SSSR count). The van der Waals surface area contributed by atoms with E-state index >= 15 is 0 Å². The number of ether oxygens (including phenoxy) is 1. The molecule has 2 fully saturated rings. The molecule has 12 heteroatoms. The zero-order chi connectivity index (χ0) is 21.6. The van der Waals surface area contributed by atoms with E-state index in [1.54, 1.807) is 12.3 Å². The zero-order valence-electron chi connectivity index (χ0n) is 16.2. The summed E-state index contributed by atoms with van der Waals surface area (Å²) < 4.78 is 37.6. The number of carbonyl (C=O) groups excluding carboxylic acids is 1. The van der Waals surface area contributed by atoms with Crippen LogP contribution < -0.4 is 0 Å². The van der Waals surface area contributed by atoms with Gasteiger partial charge in [0.05, 0.1) is 36.7 Å². The minimum atomic E-state index is -5.08. The lowest BCUT2D eigenvalue weighted by atomic mass is 10.1. The normalized spacial score (nSPS) is 22.1. The predicted octanol–water partition coefficient (Wildman–Crippen LogP) is 0.197. The molecule has 0 radical (unpaired) electrons. The quantitative estimate of drug-likeness (QED) is 0.739. The fourth-order valence-electron chi connectivity index (χ4n) is 3.13. The van der Waals surface area contributed by atoms with Gasteiger partial charge in [-0.25, -0.2) is 4.79 Å². The SMILES string of the molecule is CN(C)CCN1CCO[C@H]2CN(C(=O)c3ccnnc3)C[C@H]21.O=C(O)C(F)(F)F. The van der Waals surface area contributed by atoms with E-state index in [9.17, 15) is 18.0 Å². The minimum Gasteiger partial charge on any atom is -0.475 e. The Labute approximate surface area is 166 Å². The molecule has 29 heavy (non-hydrogen) atoms. The number of halogens is 3. The van der Waals surface area contributed by atoms with E-state index in [0.29, 0.717) is 18.2 Å². The van der Waals surface area contributed by atoms with Crippen LogP contribution in [0.3, 0.4) is 0 Å². The highest BCUT2D eigenvalue weighted by Gasteiger charge is 2.41. The smallest absolute Gasteiger partial charge is 0.475 e. The van der Waals surface area contributed by atoms with E-state index in [-0.39, 0.29) is 12.0 Å². The number of hydrogen-bond acceptors (Lipinski definition) is 7. The van der Waals surface area contributed by atoms with E-state index in [1.165, 1.54) is 6.20 Å². The van der Waals surface area contributed by atoms with Crippen LogP contribution in [0.5, 0.6) is 0 Å². The van der Waals surface area contributed by atoms with Gasteiger partial charge in [-0.3, -0.25) is 9.69 Å². The molecule has 0 saturated carbocycles. The van der Waals surface area contributed by atoms with Crippen molar-refractivity contribution in [3.63, 3.8) is 0 Å². The third-order valence-electron chi connectivity index (χ3n) is 4.61. The van der Waals surface area contributed by atoms with Crippen LogP contribution in [0.1, 0.15) is 10.4 Å². The molecule has 1 N–H and O–H groups in total. The number of carbonyl (C=O) groups is 2. The Morgan fingerprint density at radius 2 is 2.00 bits per heavy atom. The van der Waals surface area contributed by atoms with Crippen LogP contribution in [0.15, 0.2) is 18.5 Å². The first-order valence-electron chi connectivity index (χ1n) is 8.96. The number of aliphatic carboxylic acids is 1. The highest BCUT2D eigenvalue weighted by molar-refractivity contribution is 5.94. The summed E-state index contributed by atoms with van der Waals surface area (Å²) in [6.07, 6.45) is -1.89. The number of amides is 1. The first-order valence-corrected chi connectivity index (χ1v) is 8.96. The van der Waals surface area contributed by atoms with Gasteiger partial charge in [0.15, 0.2) is 0 Å². The van der Waals surface area contributed by atoms with E-state index in [4.69, 9.17) is 14.6 Å². The second kappa shape index (κ2) is 9.94. The molecule has 9 nitrogen and oxygen atoms in total. The van der Waals surface area contributed by atoms with Crippen LogP contribution in [-0.2, 0) is 9.53 Å². The molecule has 3 heterocycles. The standard InChI is InChI=1S/C15H23N5O2.C2HF3O2/c1-18(2)5-6-19-7-8-22-14-11-20(10-13(14)19)15(21)12-3-4-16-17-9-12;3-2(4,5)1(6)7/h3-4,9,13-14H,5-8,10-11H2,1-2H3;(H,6,7)/t13-,14+;/m1./s1. The third-order valence-corrected chi connectivity index (χ3v) is 4.61. The van der Waals surface area contributed by atoms with Crippen LogP contribution in [0.2, 0.25) is 0 Å². The summed E-state index contributed by atoms with van der Waals surface area (Å²) >= 11 is 0. The van der Waals surface area contributed by atoms with E-state index in [1.807, 2.05) is 4.90 Å². The first-order chi connectivity index (χ1) is 13.6. The van der Waals surface area contributed by atoms with E-state index in [0.717, 1.165) is 32.8 Å². The van der Waals surface area contributed by atoms with Crippen molar-refractivity contribution in [3.05, 3.63) is 24.0 Å². The van der Waals surface area contributed by atoms with Gasteiger partial charge in [-0.05, 0) is 20.2 Å². The number of likely N-dealkylation sites (tertiary alicyclic amines) is 1. The molecule has 2 aliphatic rings. The second-order valence-corrected chi connectivity index (χ2v) is 6.96. The molecule has 0 aliphatic carbocycles.